The molecule has 0 aromatic heterocycles. The highest BCUT2D eigenvalue weighted by Crippen LogP contribution is 2.29. The van der Waals surface area contributed by atoms with Crippen molar-refractivity contribution in [1.29, 1.82) is 0 Å². The third-order valence-electron chi connectivity index (χ3n) is 1.99. The van der Waals surface area contributed by atoms with Crippen molar-refractivity contribution in [3.05, 3.63) is 27.7 Å². The number of carbonyl (C=O) groups excluding carboxylic acids is 1. The molecule has 1 aromatic carbocycles. The minimum absolute atomic E-state index is 0.0359. The minimum Gasteiger partial charge on any atom is -0.396 e. The van der Waals surface area contributed by atoms with E-state index in [1.54, 1.807) is 12.1 Å². The fourth-order valence-corrected chi connectivity index (χ4v) is 1.72. The van der Waals surface area contributed by atoms with Crippen LogP contribution in [0.15, 0.2) is 12.1 Å². The van der Waals surface area contributed by atoms with Gasteiger partial charge in [0, 0.05) is 12.0 Å². The highest BCUT2D eigenvalue weighted by molar-refractivity contribution is 6.39. The Morgan fingerprint density at radius 3 is 2.20 bits per heavy atom. The maximum absolute atomic E-state index is 11.7. The van der Waals surface area contributed by atoms with Gasteiger partial charge in [0.15, 0.2) is 5.78 Å². The molecule has 4 heteroatoms. The smallest absolute Gasteiger partial charge is 0.163 e. The molecule has 0 amide bonds. The molecule has 0 atom stereocenters. The monoisotopic (exact) mass is 245 g/mol. The van der Waals surface area contributed by atoms with Crippen LogP contribution in [0.2, 0.25) is 10.0 Å². The fraction of sp³-hybridized carbons (Fsp3) is 0.364. The number of Topliss-reactive ketones (excluding diaryl/α,β-unsaturated/α-hetero) is 1. The van der Waals surface area contributed by atoms with Gasteiger partial charge in [0.05, 0.1) is 15.7 Å². The van der Waals surface area contributed by atoms with Crippen molar-refractivity contribution in [2.45, 2.75) is 20.3 Å². The molecule has 1 aromatic rings. The summed E-state index contributed by atoms with van der Waals surface area (Å²) in [6, 6.07) is 3.13. The number of hydrogen-bond acceptors (Lipinski definition) is 2. The van der Waals surface area contributed by atoms with Crippen molar-refractivity contribution in [2.75, 3.05) is 5.73 Å². The summed E-state index contributed by atoms with van der Waals surface area (Å²) >= 11 is 11.7. The van der Waals surface area contributed by atoms with Crippen molar-refractivity contribution in [1.82, 2.24) is 0 Å². The normalized spacial score (nSPS) is 10.7. The molecule has 0 aliphatic heterocycles. The van der Waals surface area contributed by atoms with Crippen LogP contribution in [0.5, 0.6) is 0 Å². The second kappa shape index (κ2) is 4.86. The van der Waals surface area contributed by atoms with Gasteiger partial charge in [-0.1, -0.05) is 37.0 Å². The zero-order chi connectivity index (χ0) is 11.6. The molecule has 0 spiro atoms. The Morgan fingerprint density at radius 1 is 1.33 bits per heavy atom. The zero-order valence-electron chi connectivity index (χ0n) is 8.68. The van der Waals surface area contributed by atoms with Crippen LogP contribution in [0.3, 0.4) is 0 Å². The van der Waals surface area contributed by atoms with Gasteiger partial charge in [0.25, 0.3) is 0 Å². The van der Waals surface area contributed by atoms with E-state index in [1.165, 1.54) is 0 Å². The second-order valence-electron chi connectivity index (χ2n) is 3.87. The van der Waals surface area contributed by atoms with Gasteiger partial charge in [0.2, 0.25) is 0 Å². The van der Waals surface area contributed by atoms with E-state index >= 15 is 0 Å². The lowest BCUT2D eigenvalue weighted by Gasteiger charge is -2.07. The number of nitrogen functional groups attached to an aromatic ring is 1. The van der Waals surface area contributed by atoms with Crippen LogP contribution in [0, 0.1) is 5.92 Å². The first-order valence-electron chi connectivity index (χ1n) is 4.69. The molecule has 15 heavy (non-hydrogen) atoms. The van der Waals surface area contributed by atoms with Gasteiger partial charge in [-0.2, -0.15) is 0 Å². The number of benzene rings is 1. The van der Waals surface area contributed by atoms with E-state index in [0.29, 0.717) is 33.6 Å². The zero-order valence-corrected chi connectivity index (χ0v) is 10.2. The van der Waals surface area contributed by atoms with E-state index in [0.717, 1.165) is 0 Å². The lowest BCUT2D eigenvalue weighted by atomic mass is 10.0. The third kappa shape index (κ3) is 3.11. The Morgan fingerprint density at radius 2 is 1.80 bits per heavy atom. The molecule has 0 aliphatic carbocycles. The maximum Gasteiger partial charge on any atom is 0.163 e. The van der Waals surface area contributed by atoms with Crippen LogP contribution < -0.4 is 5.73 Å². The lowest BCUT2D eigenvalue weighted by Crippen LogP contribution is -2.04. The lowest BCUT2D eigenvalue weighted by molar-refractivity contribution is 0.0968. The van der Waals surface area contributed by atoms with Gasteiger partial charge in [-0.05, 0) is 18.1 Å². The Kier molecular flexibility index (Phi) is 4.00. The summed E-state index contributed by atoms with van der Waals surface area (Å²) in [5.74, 6) is 0.349. The highest BCUT2D eigenvalue weighted by Gasteiger charge is 2.12. The number of anilines is 1. The molecular weight excluding hydrogens is 233 g/mol. The summed E-state index contributed by atoms with van der Waals surface area (Å²) in [4.78, 5) is 11.7. The van der Waals surface area contributed by atoms with Crippen molar-refractivity contribution in [2.24, 2.45) is 5.92 Å². The molecule has 0 saturated heterocycles. The van der Waals surface area contributed by atoms with Crippen molar-refractivity contribution in [3.63, 3.8) is 0 Å². The first-order chi connectivity index (χ1) is 6.91. The third-order valence-corrected chi connectivity index (χ3v) is 2.62. The number of halogens is 2. The largest absolute Gasteiger partial charge is 0.396 e. The molecule has 0 radical (unpaired) electrons. The molecular formula is C11H13Cl2NO. The van der Waals surface area contributed by atoms with E-state index in [9.17, 15) is 4.79 Å². The molecule has 0 fully saturated rings. The van der Waals surface area contributed by atoms with Gasteiger partial charge < -0.3 is 5.73 Å². The average Bonchev–Trinajstić information content (AvgIpc) is 2.12. The number of hydrogen-bond donors (Lipinski definition) is 1. The molecule has 0 heterocycles. The predicted molar refractivity (Wildman–Crippen MR) is 64.7 cm³/mol. The Hall–Kier alpha value is -0.730. The standard InChI is InChI=1S/C11H13Cl2NO/c1-6(2)3-10(15)7-4-8(12)11(14)9(13)5-7/h4-6H,3,14H2,1-2H3. The van der Waals surface area contributed by atoms with Crippen LogP contribution in [-0.4, -0.2) is 5.78 Å². The van der Waals surface area contributed by atoms with Gasteiger partial charge in [-0.3, -0.25) is 4.79 Å². The van der Waals surface area contributed by atoms with E-state index in [-0.39, 0.29) is 5.78 Å². The molecule has 0 saturated carbocycles. The predicted octanol–water partition coefficient (Wildman–Crippen LogP) is 3.80. The molecule has 2 N–H and O–H groups in total. The summed E-state index contributed by atoms with van der Waals surface area (Å²) < 4.78 is 0. The van der Waals surface area contributed by atoms with E-state index < -0.39 is 0 Å². The van der Waals surface area contributed by atoms with Gasteiger partial charge in [-0.15, -0.1) is 0 Å². The van der Waals surface area contributed by atoms with Crippen LogP contribution >= 0.6 is 23.2 Å². The maximum atomic E-state index is 11.7. The number of ketones is 1. The highest BCUT2D eigenvalue weighted by atomic mass is 35.5. The second-order valence-corrected chi connectivity index (χ2v) is 4.69. The number of nitrogens with two attached hydrogens (primary N) is 1. The fourth-order valence-electron chi connectivity index (χ4n) is 1.23. The topological polar surface area (TPSA) is 43.1 Å². The Bertz CT molecular complexity index is 365. The van der Waals surface area contributed by atoms with Crippen LogP contribution in [0.4, 0.5) is 5.69 Å². The SMILES string of the molecule is CC(C)CC(=O)c1cc(Cl)c(N)c(Cl)c1. The molecule has 0 bridgehead atoms. The van der Waals surface area contributed by atoms with Gasteiger partial charge >= 0.3 is 0 Å². The molecule has 1 rings (SSSR count). The molecule has 82 valence electrons. The summed E-state index contributed by atoms with van der Waals surface area (Å²) in [5.41, 5.74) is 6.42. The summed E-state index contributed by atoms with van der Waals surface area (Å²) in [5, 5.41) is 0.657. The van der Waals surface area contributed by atoms with Crippen LogP contribution in [-0.2, 0) is 0 Å². The molecule has 0 aliphatic rings. The minimum atomic E-state index is 0.0359. The summed E-state index contributed by atoms with van der Waals surface area (Å²) in [7, 11) is 0. The van der Waals surface area contributed by atoms with Crippen molar-refractivity contribution in [3.8, 4) is 0 Å². The quantitative estimate of drug-likeness (QED) is 0.651. The van der Waals surface area contributed by atoms with Gasteiger partial charge in [0.1, 0.15) is 0 Å². The molecule has 0 unspecified atom stereocenters. The van der Waals surface area contributed by atoms with Crippen LogP contribution in [0.1, 0.15) is 30.6 Å². The van der Waals surface area contributed by atoms with Crippen molar-refractivity contribution < 1.29 is 4.79 Å². The van der Waals surface area contributed by atoms with Gasteiger partial charge in [-0.25, -0.2) is 0 Å². The molecule has 2 nitrogen and oxygen atoms in total. The number of rotatable bonds is 3. The Balaban J connectivity index is 3.01. The van der Waals surface area contributed by atoms with E-state index in [2.05, 4.69) is 0 Å². The van der Waals surface area contributed by atoms with E-state index in [1.807, 2.05) is 13.8 Å². The van der Waals surface area contributed by atoms with E-state index in [4.69, 9.17) is 28.9 Å². The first kappa shape index (κ1) is 12.3. The summed E-state index contributed by atoms with van der Waals surface area (Å²) in [6.45, 7) is 3.97. The van der Waals surface area contributed by atoms with Crippen molar-refractivity contribution >= 4 is 34.7 Å². The summed E-state index contributed by atoms with van der Waals surface area (Å²) in [6.07, 6.45) is 0.483. The Labute approximate surface area is 99.4 Å². The first-order valence-corrected chi connectivity index (χ1v) is 5.45. The van der Waals surface area contributed by atoms with Crippen LogP contribution in [0.25, 0.3) is 0 Å². The number of carbonyl (C=O) groups is 1. The average molecular weight is 246 g/mol.